The number of hydrogen-bond donors (Lipinski definition) is 0. The Labute approximate surface area is 74.6 Å². The molecule has 0 heterocycles. The van der Waals surface area contributed by atoms with Gasteiger partial charge in [0.05, 0.1) is 0 Å². The maximum atomic E-state index is 5.81. The van der Waals surface area contributed by atoms with E-state index in [0.717, 1.165) is 5.92 Å². The zero-order valence-electron chi connectivity index (χ0n) is 7.22. The summed E-state index contributed by atoms with van der Waals surface area (Å²) in [6.45, 7) is 2.01. The third-order valence-electron chi connectivity index (χ3n) is 2.30. The Hall–Kier alpha value is 0.0300. The zero-order valence-corrected chi connectivity index (χ0v) is 7.98. The summed E-state index contributed by atoms with van der Waals surface area (Å²) in [5.74, 6) is 0.824. The fraction of sp³-hybridized carbons (Fsp3) is 0.800. The number of rotatable bonds is 2. The third-order valence-corrected chi connectivity index (χ3v) is 2.44. The average Bonchev–Trinajstić information content (AvgIpc) is 2.03. The van der Waals surface area contributed by atoms with Crippen molar-refractivity contribution in [1.29, 1.82) is 0 Å². The van der Waals surface area contributed by atoms with Gasteiger partial charge in [-0.25, -0.2) is 0 Å². The van der Waals surface area contributed by atoms with Crippen LogP contribution in [0.3, 0.4) is 0 Å². The monoisotopic (exact) mass is 172 g/mol. The summed E-state index contributed by atoms with van der Waals surface area (Å²) < 4.78 is 0. The molecular weight excluding hydrogens is 156 g/mol. The van der Waals surface area contributed by atoms with Gasteiger partial charge in [0, 0.05) is 5.38 Å². The van der Waals surface area contributed by atoms with Gasteiger partial charge < -0.3 is 0 Å². The van der Waals surface area contributed by atoms with E-state index >= 15 is 0 Å². The van der Waals surface area contributed by atoms with Crippen LogP contribution in [-0.2, 0) is 0 Å². The SMILES string of the molecule is CC(Cl)/C=C/C1CCCCC1. The van der Waals surface area contributed by atoms with E-state index in [1.54, 1.807) is 0 Å². The van der Waals surface area contributed by atoms with E-state index in [4.69, 9.17) is 11.6 Å². The van der Waals surface area contributed by atoms with Crippen LogP contribution >= 0.6 is 11.6 Å². The molecule has 0 N–H and O–H groups in total. The zero-order chi connectivity index (χ0) is 8.10. The van der Waals surface area contributed by atoms with Gasteiger partial charge >= 0.3 is 0 Å². The molecule has 1 saturated carbocycles. The predicted octanol–water partition coefficient (Wildman–Crippen LogP) is 3.75. The highest BCUT2D eigenvalue weighted by molar-refractivity contribution is 6.21. The molecule has 0 nitrogen and oxygen atoms in total. The minimum absolute atomic E-state index is 0.205. The lowest BCUT2D eigenvalue weighted by molar-refractivity contribution is 0.419. The molecule has 0 amide bonds. The minimum atomic E-state index is 0.205. The van der Waals surface area contributed by atoms with Gasteiger partial charge in [-0.3, -0.25) is 0 Å². The number of allylic oxidation sites excluding steroid dienone is 2. The summed E-state index contributed by atoms with van der Waals surface area (Å²) in [6.07, 6.45) is 11.4. The lowest BCUT2D eigenvalue weighted by Gasteiger charge is -2.17. The Bertz CT molecular complexity index is 121. The Kier molecular flexibility index (Phi) is 3.99. The molecule has 1 atom stereocenters. The molecule has 1 aliphatic rings. The highest BCUT2D eigenvalue weighted by Gasteiger charge is 2.09. The van der Waals surface area contributed by atoms with E-state index < -0.39 is 0 Å². The standard InChI is InChI=1S/C10H17Cl/c1-9(11)7-8-10-5-3-2-4-6-10/h7-10H,2-6H2,1H3/b8-7+. The Balaban J connectivity index is 2.23. The molecule has 1 rings (SSSR count). The van der Waals surface area contributed by atoms with Crippen LogP contribution < -0.4 is 0 Å². The summed E-state index contributed by atoms with van der Waals surface area (Å²) in [4.78, 5) is 0. The number of alkyl halides is 1. The van der Waals surface area contributed by atoms with Gasteiger partial charge in [-0.15, -0.1) is 11.6 Å². The van der Waals surface area contributed by atoms with Gasteiger partial charge in [-0.2, -0.15) is 0 Å². The molecule has 0 radical (unpaired) electrons. The van der Waals surface area contributed by atoms with Crippen LogP contribution in [0.15, 0.2) is 12.2 Å². The molecule has 1 unspecified atom stereocenters. The van der Waals surface area contributed by atoms with Crippen LogP contribution in [0.5, 0.6) is 0 Å². The molecule has 0 aromatic carbocycles. The van der Waals surface area contributed by atoms with Crippen LogP contribution in [0.2, 0.25) is 0 Å². The lowest BCUT2D eigenvalue weighted by Crippen LogP contribution is -2.03. The van der Waals surface area contributed by atoms with Crippen molar-refractivity contribution in [3.8, 4) is 0 Å². The van der Waals surface area contributed by atoms with Crippen molar-refractivity contribution in [2.24, 2.45) is 5.92 Å². The summed E-state index contributed by atoms with van der Waals surface area (Å²) >= 11 is 5.81. The normalized spacial score (nSPS) is 24.2. The fourth-order valence-corrected chi connectivity index (χ4v) is 1.72. The summed E-state index contributed by atoms with van der Waals surface area (Å²) in [5, 5.41) is 0.205. The average molecular weight is 173 g/mol. The molecule has 0 aromatic heterocycles. The van der Waals surface area contributed by atoms with E-state index in [1.165, 1.54) is 32.1 Å². The van der Waals surface area contributed by atoms with Crippen molar-refractivity contribution in [3.63, 3.8) is 0 Å². The molecule has 1 heteroatoms. The van der Waals surface area contributed by atoms with Crippen molar-refractivity contribution in [2.75, 3.05) is 0 Å². The second-order valence-electron chi connectivity index (χ2n) is 3.46. The van der Waals surface area contributed by atoms with Gasteiger partial charge in [0.25, 0.3) is 0 Å². The summed E-state index contributed by atoms with van der Waals surface area (Å²) in [7, 11) is 0. The predicted molar refractivity (Wildman–Crippen MR) is 51.0 cm³/mol. The lowest BCUT2D eigenvalue weighted by atomic mass is 9.89. The second-order valence-corrected chi connectivity index (χ2v) is 4.15. The molecule has 0 saturated heterocycles. The first-order valence-corrected chi connectivity index (χ1v) is 5.05. The number of hydrogen-bond acceptors (Lipinski definition) is 0. The Morgan fingerprint density at radius 3 is 2.45 bits per heavy atom. The fourth-order valence-electron chi connectivity index (χ4n) is 1.64. The Morgan fingerprint density at radius 2 is 1.91 bits per heavy atom. The van der Waals surface area contributed by atoms with E-state index in [0.29, 0.717) is 0 Å². The highest BCUT2D eigenvalue weighted by atomic mass is 35.5. The van der Waals surface area contributed by atoms with Gasteiger partial charge in [0.2, 0.25) is 0 Å². The van der Waals surface area contributed by atoms with Crippen molar-refractivity contribution in [2.45, 2.75) is 44.4 Å². The first kappa shape index (κ1) is 9.12. The van der Waals surface area contributed by atoms with Gasteiger partial charge in [0.1, 0.15) is 0 Å². The quantitative estimate of drug-likeness (QED) is 0.440. The molecule has 11 heavy (non-hydrogen) atoms. The topological polar surface area (TPSA) is 0 Å². The van der Waals surface area contributed by atoms with Crippen LogP contribution in [0, 0.1) is 5.92 Å². The van der Waals surface area contributed by atoms with Crippen LogP contribution in [0.1, 0.15) is 39.0 Å². The smallest absolute Gasteiger partial charge is 0.0487 e. The first-order chi connectivity index (χ1) is 5.29. The molecule has 0 spiro atoms. The van der Waals surface area contributed by atoms with Crippen molar-refractivity contribution >= 4 is 11.6 Å². The van der Waals surface area contributed by atoms with Crippen LogP contribution in [-0.4, -0.2) is 5.38 Å². The Morgan fingerprint density at radius 1 is 1.27 bits per heavy atom. The van der Waals surface area contributed by atoms with Crippen LogP contribution in [0.4, 0.5) is 0 Å². The van der Waals surface area contributed by atoms with E-state index in [-0.39, 0.29) is 5.38 Å². The molecule has 0 aromatic rings. The molecule has 0 aliphatic heterocycles. The molecule has 64 valence electrons. The van der Waals surface area contributed by atoms with Crippen molar-refractivity contribution < 1.29 is 0 Å². The molecule has 1 aliphatic carbocycles. The van der Waals surface area contributed by atoms with Crippen molar-refractivity contribution in [3.05, 3.63) is 12.2 Å². The largest absolute Gasteiger partial charge is 0.119 e. The van der Waals surface area contributed by atoms with Crippen molar-refractivity contribution in [1.82, 2.24) is 0 Å². The van der Waals surface area contributed by atoms with E-state index in [1.807, 2.05) is 6.92 Å². The van der Waals surface area contributed by atoms with E-state index in [9.17, 15) is 0 Å². The van der Waals surface area contributed by atoms with Crippen LogP contribution in [0.25, 0.3) is 0 Å². The van der Waals surface area contributed by atoms with Gasteiger partial charge in [0.15, 0.2) is 0 Å². The first-order valence-electron chi connectivity index (χ1n) is 4.61. The minimum Gasteiger partial charge on any atom is -0.119 e. The van der Waals surface area contributed by atoms with Gasteiger partial charge in [-0.05, 0) is 25.7 Å². The number of halogens is 1. The summed E-state index contributed by atoms with van der Waals surface area (Å²) in [6, 6.07) is 0. The third kappa shape index (κ3) is 3.81. The molecule has 1 fully saturated rings. The maximum Gasteiger partial charge on any atom is 0.0487 e. The molecule has 0 bridgehead atoms. The maximum absolute atomic E-state index is 5.81. The molecular formula is C10H17Cl. The highest BCUT2D eigenvalue weighted by Crippen LogP contribution is 2.24. The summed E-state index contributed by atoms with van der Waals surface area (Å²) in [5.41, 5.74) is 0. The van der Waals surface area contributed by atoms with E-state index in [2.05, 4.69) is 12.2 Å². The van der Waals surface area contributed by atoms with Gasteiger partial charge in [-0.1, -0.05) is 31.4 Å². The second kappa shape index (κ2) is 4.82.